The molecule has 0 radical (unpaired) electrons. The summed E-state index contributed by atoms with van der Waals surface area (Å²) in [5.41, 5.74) is 20.6. The van der Waals surface area contributed by atoms with Gasteiger partial charge in [-0.2, -0.15) is 0 Å². The number of hydrogen-bond acceptors (Lipinski definition) is 2. The largest absolute Gasteiger partial charge is 0.399 e. The number of hydrogen-bond donors (Lipinski definition) is 2. The van der Waals surface area contributed by atoms with Crippen LogP contribution in [-0.4, -0.2) is 0 Å². The van der Waals surface area contributed by atoms with Gasteiger partial charge in [0.15, 0.2) is 0 Å². The van der Waals surface area contributed by atoms with Gasteiger partial charge in [0.1, 0.15) is 0 Å². The lowest BCUT2D eigenvalue weighted by atomic mass is 9.78. The second-order valence-corrected chi connectivity index (χ2v) is 8.33. The number of nitrogen functional groups attached to an aromatic ring is 2. The van der Waals surface area contributed by atoms with E-state index in [2.05, 4.69) is 82.3 Å². The zero-order valence-corrected chi connectivity index (χ0v) is 17.4. The molecule has 2 nitrogen and oxygen atoms in total. The van der Waals surface area contributed by atoms with Gasteiger partial charge in [-0.3, -0.25) is 0 Å². The van der Waals surface area contributed by atoms with Crippen molar-refractivity contribution in [3.8, 4) is 0 Å². The number of benzene rings is 3. The lowest BCUT2D eigenvalue weighted by Gasteiger charge is -2.27. The predicted octanol–water partition coefficient (Wildman–Crippen LogP) is 6.47. The average molecular weight is 373 g/mol. The van der Waals surface area contributed by atoms with Crippen LogP contribution in [-0.2, 0) is 6.42 Å². The normalized spacial score (nSPS) is 11.5. The molecular weight excluding hydrogens is 340 g/mol. The molecule has 0 aliphatic rings. The molecule has 0 bridgehead atoms. The maximum atomic E-state index is 6.14. The van der Waals surface area contributed by atoms with Crippen LogP contribution in [0.1, 0.15) is 73.3 Å². The Bertz CT molecular complexity index is 869. The maximum absolute atomic E-state index is 6.14. The van der Waals surface area contributed by atoms with E-state index >= 15 is 0 Å². The summed E-state index contributed by atoms with van der Waals surface area (Å²) in [6.07, 6.45) is 0.952. The maximum Gasteiger partial charge on any atom is 0.0317 e. The predicted molar refractivity (Wildman–Crippen MR) is 122 cm³/mol. The first-order chi connectivity index (χ1) is 13.4. The molecule has 0 aliphatic heterocycles. The second kappa shape index (κ2) is 8.52. The van der Waals surface area contributed by atoms with Gasteiger partial charge in [0.2, 0.25) is 0 Å². The quantitative estimate of drug-likeness (QED) is 0.487. The monoisotopic (exact) mass is 372 g/mol. The van der Waals surface area contributed by atoms with E-state index in [4.69, 9.17) is 11.5 Å². The highest BCUT2D eigenvalue weighted by Crippen LogP contribution is 2.38. The van der Waals surface area contributed by atoms with E-state index in [-0.39, 0.29) is 5.92 Å². The summed E-state index contributed by atoms with van der Waals surface area (Å²) in [7, 11) is 0. The van der Waals surface area contributed by atoms with Gasteiger partial charge < -0.3 is 11.5 Å². The van der Waals surface area contributed by atoms with Crippen molar-refractivity contribution in [2.45, 2.75) is 51.9 Å². The average Bonchev–Trinajstić information content (AvgIpc) is 2.67. The summed E-state index contributed by atoms with van der Waals surface area (Å²) in [5.74, 6) is 1.08. The summed E-state index contributed by atoms with van der Waals surface area (Å²) < 4.78 is 0. The van der Waals surface area contributed by atoms with Crippen LogP contribution in [0.15, 0.2) is 66.7 Å². The van der Waals surface area contributed by atoms with Gasteiger partial charge in [0.25, 0.3) is 0 Å². The lowest BCUT2D eigenvalue weighted by Crippen LogP contribution is -2.13. The third-order valence-electron chi connectivity index (χ3n) is 5.50. The molecule has 3 aromatic carbocycles. The Morgan fingerprint density at radius 2 is 1.07 bits per heavy atom. The number of rotatable bonds is 6. The highest BCUT2D eigenvalue weighted by molar-refractivity contribution is 5.54. The fourth-order valence-electron chi connectivity index (χ4n) is 4.06. The zero-order valence-electron chi connectivity index (χ0n) is 17.4. The van der Waals surface area contributed by atoms with E-state index in [1.165, 1.54) is 27.8 Å². The van der Waals surface area contributed by atoms with Gasteiger partial charge in [0.05, 0.1) is 0 Å². The molecule has 3 rings (SSSR count). The minimum absolute atomic E-state index is 0.262. The molecule has 28 heavy (non-hydrogen) atoms. The number of nitrogens with two attached hydrogens (primary N) is 2. The molecule has 0 spiro atoms. The molecule has 0 amide bonds. The van der Waals surface area contributed by atoms with Crippen molar-refractivity contribution in [3.05, 3.63) is 94.5 Å². The van der Waals surface area contributed by atoms with E-state index in [9.17, 15) is 0 Å². The molecule has 0 heterocycles. The SMILES string of the molecule is CC(C)c1cc(N)ccc1C(Cc1ccccc1)c1ccc(N)cc1C(C)C. The van der Waals surface area contributed by atoms with Crippen molar-refractivity contribution in [1.82, 2.24) is 0 Å². The van der Waals surface area contributed by atoms with Crippen molar-refractivity contribution in [2.24, 2.45) is 0 Å². The molecule has 0 saturated carbocycles. The second-order valence-electron chi connectivity index (χ2n) is 8.33. The smallest absolute Gasteiger partial charge is 0.0317 e. The van der Waals surface area contributed by atoms with Crippen LogP contribution in [0.4, 0.5) is 11.4 Å². The highest BCUT2D eigenvalue weighted by atomic mass is 14.5. The first kappa shape index (κ1) is 20.0. The molecule has 0 aromatic heterocycles. The van der Waals surface area contributed by atoms with Crippen molar-refractivity contribution in [2.75, 3.05) is 11.5 Å². The van der Waals surface area contributed by atoms with Crippen LogP contribution in [0.25, 0.3) is 0 Å². The van der Waals surface area contributed by atoms with Gasteiger partial charge in [-0.25, -0.2) is 0 Å². The molecule has 0 unspecified atom stereocenters. The van der Waals surface area contributed by atoms with Crippen molar-refractivity contribution < 1.29 is 0 Å². The fraction of sp³-hybridized carbons (Fsp3) is 0.308. The first-order valence-corrected chi connectivity index (χ1v) is 10.2. The summed E-state index contributed by atoms with van der Waals surface area (Å²) in [5, 5.41) is 0. The highest BCUT2D eigenvalue weighted by Gasteiger charge is 2.23. The van der Waals surface area contributed by atoms with E-state index in [0.29, 0.717) is 11.8 Å². The molecule has 146 valence electrons. The first-order valence-electron chi connectivity index (χ1n) is 10.2. The van der Waals surface area contributed by atoms with Crippen LogP contribution < -0.4 is 11.5 Å². The third-order valence-corrected chi connectivity index (χ3v) is 5.50. The van der Waals surface area contributed by atoms with E-state index < -0.39 is 0 Å². The molecule has 0 atom stereocenters. The topological polar surface area (TPSA) is 52.0 Å². The van der Waals surface area contributed by atoms with Crippen LogP contribution in [0.2, 0.25) is 0 Å². The Labute approximate surface area is 169 Å². The van der Waals surface area contributed by atoms with Crippen molar-refractivity contribution in [3.63, 3.8) is 0 Å². The summed E-state index contributed by atoms with van der Waals surface area (Å²) in [6, 6.07) is 23.5. The Kier molecular flexibility index (Phi) is 6.08. The zero-order chi connectivity index (χ0) is 20.3. The standard InChI is InChI=1S/C26H32N2/c1-17(2)24-15-20(27)10-12-22(24)26(14-19-8-6-5-7-9-19)23-13-11-21(28)16-25(23)18(3)4/h5-13,15-18,26H,14,27-28H2,1-4H3. The van der Waals surface area contributed by atoms with Gasteiger partial charge in [-0.05, 0) is 70.3 Å². The Morgan fingerprint density at radius 1 is 0.607 bits per heavy atom. The van der Waals surface area contributed by atoms with Crippen LogP contribution in [0.5, 0.6) is 0 Å². The Balaban J connectivity index is 2.20. The lowest BCUT2D eigenvalue weighted by molar-refractivity contribution is 0.737. The molecule has 0 fully saturated rings. The molecule has 2 heteroatoms. The van der Waals surface area contributed by atoms with Crippen LogP contribution >= 0.6 is 0 Å². The van der Waals surface area contributed by atoms with E-state index in [1.807, 2.05) is 12.1 Å². The molecule has 0 aliphatic carbocycles. The molecule has 0 saturated heterocycles. The number of anilines is 2. The van der Waals surface area contributed by atoms with Crippen LogP contribution in [0.3, 0.4) is 0 Å². The fourth-order valence-corrected chi connectivity index (χ4v) is 4.06. The summed E-state index contributed by atoms with van der Waals surface area (Å²) in [6.45, 7) is 8.96. The van der Waals surface area contributed by atoms with Gasteiger partial charge in [0, 0.05) is 17.3 Å². The third kappa shape index (κ3) is 4.39. The molecule has 4 N–H and O–H groups in total. The van der Waals surface area contributed by atoms with E-state index in [1.54, 1.807) is 0 Å². The molecule has 3 aromatic rings. The minimum atomic E-state index is 0.262. The Hall–Kier alpha value is -2.74. The van der Waals surface area contributed by atoms with Gasteiger partial charge in [-0.1, -0.05) is 70.2 Å². The van der Waals surface area contributed by atoms with Crippen LogP contribution in [0, 0.1) is 0 Å². The summed E-state index contributed by atoms with van der Waals surface area (Å²) in [4.78, 5) is 0. The van der Waals surface area contributed by atoms with Crippen molar-refractivity contribution >= 4 is 11.4 Å². The minimum Gasteiger partial charge on any atom is -0.399 e. The molecular formula is C26H32N2. The summed E-state index contributed by atoms with van der Waals surface area (Å²) >= 11 is 0. The van der Waals surface area contributed by atoms with Gasteiger partial charge >= 0.3 is 0 Å². The van der Waals surface area contributed by atoms with Gasteiger partial charge in [-0.15, -0.1) is 0 Å². The van der Waals surface area contributed by atoms with E-state index in [0.717, 1.165) is 17.8 Å². The Morgan fingerprint density at radius 3 is 1.50 bits per heavy atom. The van der Waals surface area contributed by atoms with Crippen molar-refractivity contribution in [1.29, 1.82) is 0 Å².